The maximum absolute atomic E-state index is 10.1. The molecule has 0 radical (unpaired) electrons. The highest BCUT2D eigenvalue weighted by atomic mass is 35.5. The Morgan fingerprint density at radius 1 is 1.18 bits per heavy atom. The fourth-order valence-electron chi connectivity index (χ4n) is 1.90. The van der Waals surface area contributed by atoms with Gasteiger partial charge < -0.3 is 10.0 Å². The van der Waals surface area contributed by atoms with E-state index in [0.29, 0.717) is 5.02 Å². The molecule has 0 aromatic heterocycles. The minimum absolute atomic E-state index is 0.391. The van der Waals surface area contributed by atoms with Gasteiger partial charge in [-0.3, -0.25) is 0 Å². The van der Waals surface area contributed by atoms with Crippen molar-refractivity contribution in [2.45, 2.75) is 32.8 Å². The Morgan fingerprint density at radius 3 is 2.35 bits per heavy atom. The molecule has 1 rings (SSSR count). The Balaban J connectivity index is 2.43. The Kier molecular flexibility index (Phi) is 6.56. The van der Waals surface area contributed by atoms with Gasteiger partial charge in [-0.25, -0.2) is 0 Å². The van der Waals surface area contributed by atoms with E-state index in [1.165, 1.54) is 0 Å². The molecule has 1 atom stereocenters. The molecule has 0 saturated heterocycles. The molecule has 2 nitrogen and oxygen atoms in total. The summed E-state index contributed by atoms with van der Waals surface area (Å²) in [4.78, 5) is 2.36. The topological polar surface area (TPSA) is 23.5 Å². The number of halogens is 1. The predicted octanol–water partition coefficient (Wildman–Crippen LogP) is 3.50. The first kappa shape index (κ1) is 14.5. The van der Waals surface area contributed by atoms with Gasteiger partial charge in [0.05, 0.1) is 6.10 Å². The third kappa shape index (κ3) is 5.07. The summed E-state index contributed by atoms with van der Waals surface area (Å²) in [5, 5.41) is 10.8. The molecule has 1 N–H and O–H groups in total. The van der Waals surface area contributed by atoms with Crippen LogP contribution in [0.15, 0.2) is 24.3 Å². The normalized spacial score (nSPS) is 13.0. The smallest absolute Gasteiger partial charge is 0.0802 e. The van der Waals surface area contributed by atoms with Crippen LogP contribution in [0.1, 0.15) is 38.4 Å². The number of benzene rings is 1. The minimum atomic E-state index is -0.391. The molecule has 1 aromatic carbocycles. The summed E-state index contributed by atoms with van der Waals surface area (Å²) in [5.41, 5.74) is 0.946. The van der Waals surface area contributed by atoms with E-state index in [1.807, 2.05) is 24.3 Å². The van der Waals surface area contributed by atoms with Crippen LogP contribution in [0, 0.1) is 0 Å². The van der Waals surface area contributed by atoms with Gasteiger partial charge in [0.2, 0.25) is 0 Å². The number of aliphatic hydroxyl groups is 1. The van der Waals surface area contributed by atoms with Crippen molar-refractivity contribution >= 4 is 11.6 Å². The summed E-state index contributed by atoms with van der Waals surface area (Å²) < 4.78 is 0. The molecule has 0 aliphatic carbocycles. The monoisotopic (exact) mass is 255 g/mol. The number of nitrogens with zero attached hydrogens (tertiary/aromatic N) is 1. The van der Waals surface area contributed by atoms with Gasteiger partial charge in [0.15, 0.2) is 0 Å². The fourth-order valence-corrected chi connectivity index (χ4v) is 2.03. The van der Waals surface area contributed by atoms with Crippen LogP contribution in [-0.4, -0.2) is 29.6 Å². The average molecular weight is 256 g/mol. The molecule has 17 heavy (non-hydrogen) atoms. The zero-order valence-corrected chi connectivity index (χ0v) is 11.5. The first-order chi connectivity index (χ1) is 8.17. The van der Waals surface area contributed by atoms with Crippen molar-refractivity contribution in [2.75, 3.05) is 19.6 Å². The van der Waals surface area contributed by atoms with Gasteiger partial charge in [-0.2, -0.15) is 0 Å². The maximum atomic E-state index is 10.1. The van der Waals surface area contributed by atoms with Gasteiger partial charge in [0, 0.05) is 11.6 Å². The largest absolute Gasteiger partial charge is 0.388 e. The maximum Gasteiger partial charge on any atom is 0.0802 e. The van der Waals surface area contributed by atoms with Gasteiger partial charge in [0.25, 0.3) is 0 Å². The molecule has 0 fully saturated rings. The molecule has 0 amide bonds. The quantitative estimate of drug-likeness (QED) is 0.806. The van der Waals surface area contributed by atoms with Crippen molar-refractivity contribution in [3.63, 3.8) is 0 Å². The van der Waals surface area contributed by atoms with Gasteiger partial charge >= 0.3 is 0 Å². The van der Waals surface area contributed by atoms with Crippen molar-refractivity contribution < 1.29 is 5.11 Å². The summed E-state index contributed by atoms with van der Waals surface area (Å²) in [6.45, 7) is 7.42. The molecule has 1 unspecified atom stereocenters. The van der Waals surface area contributed by atoms with E-state index in [0.717, 1.165) is 38.0 Å². The van der Waals surface area contributed by atoms with Crippen LogP contribution in [-0.2, 0) is 0 Å². The Morgan fingerprint density at radius 2 is 1.82 bits per heavy atom. The molecule has 0 spiro atoms. The van der Waals surface area contributed by atoms with Gasteiger partial charge in [-0.1, -0.05) is 37.6 Å². The van der Waals surface area contributed by atoms with Crippen molar-refractivity contribution in [2.24, 2.45) is 0 Å². The van der Waals surface area contributed by atoms with Crippen LogP contribution in [0.3, 0.4) is 0 Å². The van der Waals surface area contributed by atoms with Crippen LogP contribution in [0.25, 0.3) is 0 Å². The van der Waals surface area contributed by atoms with E-state index in [9.17, 15) is 5.11 Å². The van der Waals surface area contributed by atoms with Crippen LogP contribution >= 0.6 is 11.6 Å². The zero-order valence-electron chi connectivity index (χ0n) is 10.7. The van der Waals surface area contributed by atoms with Gasteiger partial charge in [0.1, 0.15) is 0 Å². The van der Waals surface area contributed by atoms with E-state index in [4.69, 9.17) is 11.6 Å². The second kappa shape index (κ2) is 7.70. The fraction of sp³-hybridized carbons (Fsp3) is 0.571. The van der Waals surface area contributed by atoms with Crippen LogP contribution in [0.2, 0.25) is 5.02 Å². The highest BCUT2D eigenvalue weighted by molar-refractivity contribution is 6.30. The Hall–Kier alpha value is -0.570. The summed E-state index contributed by atoms with van der Waals surface area (Å²) in [6.07, 6.45) is 1.54. The predicted molar refractivity (Wildman–Crippen MR) is 73.4 cm³/mol. The van der Waals surface area contributed by atoms with E-state index < -0.39 is 6.10 Å². The summed E-state index contributed by atoms with van der Waals surface area (Å²) >= 11 is 5.82. The Bertz CT molecular complexity index is 313. The first-order valence-electron chi connectivity index (χ1n) is 6.33. The van der Waals surface area contributed by atoms with Crippen molar-refractivity contribution in [3.05, 3.63) is 34.9 Å². The van der Waals surface area contributed by atoms with Crippen LogP contribution < -0.4 is 0 Å². The zero-order chi connectivity index (χ0) is 12.7. The highest BCUT2D eigenvalue weighted by Crippen LogP contribution is 2.19. The summed E-state index contributed by atoms with van der Waals surface area (Å²) in [7, 11) is 0. The lowest BCUT2D eigenvalue weighted by molar-refractivity contribution is 0.143. The lowest BCUT2D eigenvalue weighted by atomic mass is 10.1. The number of aliphatic hydroxyl groups excluding tert-OH is 1. The van der Waals surface area contributed by atoms with Crippen molar-refractivity contribution in [1.29, 1.82) is 0 Å². The molecule has 96 valence electrons. The molecule has 0 heterocycles. The highest BCUT2D eigenvalue weighted by Gasteiger charge is 2.09. The molecule has 0 saturated carbocycles. The van der Waals surface area contributed by atoms with E-state index >= 15 is 0 Å². The molecule has 0 aliphatic rings. The average Bonchev–Trinajstić information content (AvgIpc) is 2.35. The number of hydrogen-bond acceptors (Lipinski definition) is 2. The summed E-state index contributed by atoms with van der Waals surface area (Å²) in [6, 6.07) is 7.43. The first-order valence-corrected chi connectivity index (χ1v) is 6.71. The Labute approximate surface area is 109 Å². The third-order valence-corrected chi connectivity index (χ3v) is 3.21. The van der Waals surface area contributed by atoms with E-state index in [1.54, 1.807) is 0 Å². The number of hydrogen-bond donors (Lipinski definition) is 1. The molecular weight excluding hydrogens is 234 g/mol. The summed E-state index contributed by atoms with van der Waals surface area (Å²) in [5.74, 6) is 0. The second-order valence-corrected chi connectivity index (χ2v) is 4.73. The van der Waals surface area contributed by atoms with Crippen molar-refractivity contribution in [1.82, 2.24) is 4.90 Å². The van der Waals surface area contributed by atoms with Crippen LogP contribution in [0.5, 0.6) is 0 Å². The molecular formula is C14H22ClNO. The third-order valence-electron chi connectivity index (χ3n) is 2.96. The lowest BCUT2D eigenvalue weighted by Crippen LogP contribution is -2.26. The second-order valence-electron chi connectivity index (χ2n) is 4.29. The minimum Gasteiger partial charge on any atom is -0.388 e. The van der Waals surface area contributed by atoms with Gasteiger partial charge in [-0.05, 0) is 43.6 Å². The van der Waals surface area contributed by atoms with E-state index in [-0.39, 0.29) is 0 Å². The SMILES string of the molecule is CCCN(CC)CCC(O)c1ccc(Cl)cc1. The lowest BCUT2D eigenvalue weighted by Gasteiger charge is -2.21. The molecule has 3 heteroatoms. The van der Waals surface area contributed by atoms with Gasteiger partial charge in [-0.15, -0.1) is 0 Å². The molecule has 0 aliphatic heterocycles. The standard InChI is InChI=1S/C14H22ClNO/c1-3-10-16(4-2)11-9-14(17)12-5-7-13(15)8-6-12/h5-8,14,17H,3-4,9-11H2,1-2H3. The molecule has 0 bridgehead atoms. The van der Waals surface area contributed by atoms with E-state index in [2.05, 4.69) is 18.7 Å². The number of rotatable bonds is 7. The van der Waals surface area contributed by atoms with Crippen molar-refractivity contribution in [3.8, 4) is 0 Å². The van der Waals surface area contributed by atoms with Crippen LogP contribution in [0.4, 0.5) is 0 Å². The molecule has 1 aromatic rings.